The van der Waals surface area contributed by atoms with E-state index >= 15 is 0 Å². The molecular weight excluding hydrogens is 204 g/mol. The first kappa shape index (κ1) is 9.11. The van der Waals surface area contributed by atoms with E-state index in [4.69, 9.17) is 23.1 Å². The highest BCUT2D eigenvalue weighted by Gasteiger charge is 2.27. The fraction of sp³-hybridized carbons (Fsp3) is 0.125. The van der Waals surface area contributed by atoms with E-state index in [0.717, 1.165) is 0 Å². The smallest absolute Gasteiger partial charge is 0.283 e. The Bertz CT molecular complexity index is 433. The van der Waals surface area contributed by atoms with Gasteiger partial charge in [0.2, 0.25) is 5.96 Å². The number of nitrogens with zero attached hydrogens (tertiary/aromatic N) is 2. The summed E-state index contributed by atoms with van der Waals surface area (Å²) < 4.78 is 0. The van der Waals surface area contributed by atoms with Gasteiger partial charge in [-0.1, -0.05) is 17.7 Å². The predicted molar refractivity (Wildman–Crippen MR) is 54.1 cm³/mol. The molecule has 0 aromatic rings. The van der Waals surface area contributed by atoms with E-state index in [-0.39, 0.29) is 16.6 Å². The number of aliphatic imine (C=N–C) groups is 2. The Hall–Kier alpha value is -1.46. The molecule has 1 atom stereocenters. The van der Waals surface area contributed by atoms with Gasteiger partial charge in [0.05, 0.1) is 22.4 Å². The minimum Gasteiger partial charge on any atom is -0.368 e. The van der Waals surface area contributed by atoms with Gasteiger partial charge in [0.15, 0.2) is 0 Å². The highest BCUT2D eigenvalue weighted by molar-refractivity contribution is 6.42. The van der Waals surface area contributed by atoms with E-state index in [1.165, 1.54) is 0 Å². The molecule has 1 aliphatic carbocycles. The van der Waals surface area contributed by atoms with Gasteiger partial charge in [-0.2, -0.15) is 4.99 Å². The van der Waals surface area contributed by atoms with Gasteiger partial charge in [-0.25, -0.2) is 4.99 Å². The van der Waals surface area contributed by atoms with Crippen molar-refractivity contribution >= 4 is 29.2 Å². The molecule has 0 aromatic carbocycles. The SMILES string of the molecule is NC1=NC(=O)C2=C(Cl)C(N)C=CC2=N1. The van der Waals surface area contributed by atoms with Crippen molar-refractivity contribution in [1.82, 2.24) is 0 Å². The average Bonchev–Trinajstić information content (AvgIpc) is 2.10. The van der Waals surface area contributed by atoms with Crippen LogP contribution >= 0.6 is 11.6 Å². The lowest BCUT2D eigenvalue weighted by Crippen LogP contribution is -2.31. The molecule has 0 fully saturated rings. The van der Waals surface area contributed by atoms with Crippen molar-refractivity contribution in [1.29, 1.82) is 0 Å². The van der Waals surface area contributed by atoms with Crippen molar-refractivity contribution in [2.24, 2.45) is 21.5 Å². The molecule has 1 unspecified atom stereocenters. The second kappa shape index (κ2) is 3.04. The first-order valence-corrected chi connectivity index (χ1v) is 4.28. The van der Waals surface area contributed by atoms with Gasteiger partial charge in [0, 0.05) is 0 Å². The zero-order valence-electron chi connectivity index (χ0n) is 7.07. The highest BCUT2D eigenvalue weighted by atomic mass is 35.5. The van der Waals surface area contributed by atoms with E-state index in [0.29, 0.717) is 5.71 Å². The molecule has 1 amide bonds. The van der Waals surface area contributed by atoms with Crippen LogP contribution in [0, 0.1) is 0 Å². The second-order valence-electron chi connectivity index (χ2n) is 2.88. The third-order valence-electron chi connectivity index (χ3n) is 1.91. The summed E-state index contributed by atoms with van der Waals surface area (Å²) in [5, 5.41) is 0.257. The van der Waals surface area contributed by atoms with Crippen LogP contribution in [-0.4, -0.2) is 23.6 Å². The molecule has 6 heteroatoms. The second-order valence-corrected chi connectivity index (χ2v) is 3.29. The van der Waals surface area contributed by atoms with Crippen molar-refractivity contribution in [2.75, 3.05) is 0 Å². The molecule has 0 aromatic heterocycles. The first-order chi connectivity index (χ1) is 6.59. The Morgan fingerprint density at radius 2 is 2.14 bits per heavy atom. The number of rotatable bonds is 0. The lowest BCUT2D eigenvalue weighted by atomic mass is 9.99. The van der Waals surface area contributed by atoms with Crippen LogP contribution in [0.1, 0.15) is 0 Å². The number of amides is 1. The molecule has 72 valence electrons. The van der Waals surface area contributed by atoms with Gasteiger partial charge in [0.25, 0.3) is 5.91 Å². The Morgan fingerprint density at radius 3 is 2.86 bits per heavy atom. The van der Waals surface area contributed by atoms with Crippen LogP contribution in [0.2, 0.25) is 0 Å². The highest BCUT2D eigenvalue weighted by Crippen LogP contribution is 2.23. The summed E-state index contributed by atoms with van der Waals surface area (Å²) in [6.45, 7) is 0. The first-order valence-electron chi connectivity index (χ1n) is 3.90. The van der Waals surface area contributed by atoms with Crippen LogP contribution < -0.4 is 11.5 Å². The molecule has 0 saturated carbocycles. The van der Waals surface area contributed by atoms with E-state index < -0.39 is 11.9 Å². The third kappa shape index (κ3) is 1.26. The third-order valence-corrected chi connectivity index (χ3v) is 2.35. The topological polar surface area (TPSA) is 93.8 Å². The zero-order chi connectivity index (χ0) is 10.3. The summed E-state index contributed by atoms with van der Waals surface area (Å²) >= 11 is 5.87. The number of carbonyl (C=O) groups excluding carboxylic acids is 1. The average molecular weight is 211 g/mol. The minimum atomic E-state index is -0.489. The van der Waals surface area contributed by atoms with Crippen LogP contribution in [0.4, 0.5) is 0 Å². The number of allylic oxidation sites excluding steroid dienone is 1. The molecule has 0 saturated heterocycles. The molecule has 0 spiro atoms. The summed E-state index contributed by atoms with van der Waals surface area (Å²) in [5.41, 5.74) is 11.6. The number of nitrogens with two attached hydrogens (primary N) is 2. The van der Waals surface area contributed by atoms with Gasteiger partial charge < -0.3 is 11.5 Å². The molecule has 2 aliphatic rings. The number of hydrogen-bond donors (Lipinski definition) is 2. The summed E-state index contributed by atoms with van der Waals surface area (Å²) in [4.78, 5) is 18.8. The summed E-state index contributed by atoms with van der Waals surface area (Å²) in [6.07, 6.45) is 3.27. The Labute approximate surface area is 84.8 Å². The number of hydrogen-bond acceptors (Lipinski definition) is 4. The summed E-state index contributed by atoms with van der Waals surface area (Å²) in [7, 11) is 0. The number of fused-ring (bicyclic) bond motifs is 1. The number of halogens is 1. The molecule has 4 N–H and O–H groups in total. The van der Waals surface area contributed by atoms with Crippen LogP contribution in [0.3, 0.4) is 0 Å². The molecule has 0 radical (unpaired) electrons. The zero-order valence-corrected chi connectivity index (χ0v) is 7.82. The van der Waals surface area contributed by atoms with Crippen LogP contribution in [0.25, 0.3) is 0 Å². The maximum absolute atomic E-state index is 11.4. The predicted octanol–water partition coefficient (Wildman–Crippen LogP) is -0.328. The van der Waals surface area contributed by atoms with Crippen molar-refractivity contribution < 1.29 is 4.79 Å². The van der Waals surface area contributed by atoms with Crippen molar-refractivity contribution in [3.63, 3.8) is 0 Å². The number of guanidine groups is 1. The van der Waals surface area contributed by atoms with Crippen LogP contribution in [-0.2, 0) is 4.79 Å². The lowest BCUT2D eigenvalue weighted by molar-refractivity contribution is -0.114. The van der Waals surface area contributed by atoms with Gasteiger partial charge in [0.1, 0.15) is 0 Å². The quantitative estimate of drug-likeness (QED) is 0.573. The monoisotopic (exact) mass is 210 g/mol. The fourth-order valence-electron chi connectivity index (χ4n) is 1.26. The van der Waals surface area contributed by atoms with Crippen molar-refractivity contribution in [3.05, 3.63) is 22.8 Å². The normalized spacial score (nSPS) is 25.9. The van der Waals surface area contributed by atoms with Crippen molar-refractivity contribution in [2.45, 2.75) is 6.04 Å². The van der Waals surface area contributed by atoms with Crippen molar-refractivity contribution in [3.8, 4) is 0 Å². The van der Waals surface area contributed by atoms with Gasteiger partial charge in [-0.3, -0.25) is 4.79 Å². The standard InChI is InChI=1S/C8H7ClN4O/c9-6-3(10)1-2-4-5(6)7(14)13-8(11)12-4/h1-3H,10H2,(H2,11,13,14). The van der Waals surface area contributed by atoms with E-state index in [2.05, 4.69) is 9.98 Å². The minimum absolute atomic E-state index is 0.0571. The Kier molecular flexibility index (Phi) is 1.98. The van der Waals surface area contributed by atoms with Gasteiger partial charge in [-0.05, 0) is 6.08 Å². The molecule has 2 rings (SSSR count). The molecule has 1 heterocycles. The summed E-state index contributed by atoms with van der Waals surface area (Å²) in [5.74, 6) is -0.546. The van der Waals surface area contributed by atoms with E-state index in [9.17, 15) is 4.79 Å². The maximum Gasteiger partial charge on any atom is 0.283 e. The lowest BCUT2D eigenvalue weighted by Gasteiger charge is -2.18. The maximum atomic E-state index is 11.4. The summed E-state index contributed by atoms with van der Waals surface area (Å²) in [6, 6.07) is -0.468. The fourth-order valence-corrected chi connectivity index (χ4v) is 1.52. The van der Waals surface area contributed by atoms with Crippen LogP contribution in [0.5, 0.6) is 0 Å². The molecule has 5 nitrogen and oxygen atoms in total. The van der Waals surface area contributed by atoms with Crippen LogP contribution in [0.15, 0.2) is 32.7 Å². The van der Waals surface area contributed by atoms with E-state index in [1.54, 1.807) is 12.2 Å². The van der Waals surface area contributed by atoms with Gasteiger partial charge >= 0.3 is 0 Å². The molecule has 14 heavy (non-hydrogen) atoms. The van der Waals surface area contributed by atoms with Gasteiger partial charge in [-0.15, -0.1) is 0 Å². The van der Waals surface area contributed by atoms with E-state index in [1.807, 2.05) is 0 Å². The molecular formula is C8H7ClN4O. The largest absolute Gasteiger partial charge is 0.368 e. The number of carbonyl (C=O) groups is 1. The molecule has 1 aliphatic heterocycles. The Morgan fingerprint density at radius 1 is 1.43 bits per heavy atom. The Balaban J connectivity index is 2.58. The molecule has 0 bridgehead atoms.